The smallest absolute Gasteiger partial charge is 0.311 e. The first kappa shape index (κ1) is 17.5. The fourth-order valence-electron chi connectivity index (χ4n) is 5.82. The predicted molar refractivity (Wildman–Crippen MR) is 99.2 cm³/mol. The number of hydrogen-bond donors (Lipinski definition) is 0. The number of carbonyl (C=O) groups excluding carboxylic acids is 1. The second kappa shape index (κ2) is 6.70. The molecule has 140 valence electrons. The van der Waals surface area contributed by atoms with Crippen LogP contribution in [-0.2, 0) is 9.53 Å². The standard InChI is InChI=1S/C21H34N2O2/c1-4-22-8-10-23(11-9-22)14-17-16-12-18-15(2)6-5-7-21(18,3)13-19(16)25-20(17)24/h12,15-17,19H,4-11,13-14H2,1-3H3/t15-,16+,17-,19+,21+/m0/s1. The third-order valence-corrected chi connectivity index (χ3v) is 7.45. The topological polar surface area (TPSA) is 32.8 Å². The molecule has 2 aliphatic heterocycles. The maximum absolute atomic E-state index is 12.6. The van der Waals surface area contributed by atoms with Gasteiger partial charge in [0.05, 0.1) is 5.92 Å². The van der Waals surface area contributed by atoms with Gasteiger partial charge >= 0.3 is 5.97 Å². The van der Waals surface area contributed by atoms with Crippen LogP contribution in [0.5, 0.6) is 0 Å². The van der Waals surface area contributed by atoms with Crippen molar-refractivity contribution in [3.05, 3.63) is 11.6 Å². The third kappa shape index (κ3) is 3.16. The lowest BCUT2D eigenvalue weighted by Gasteiger charge is -2.46. The number of nitrogens with zero attached hydrogens (tertiary/aromatic N) is 2. The number of rotatable bonds is 3. The van der Waals surface area contributed by atoms with E-state index in [0.717, 1.165) is 45.7 Å². The molecule has 0 aromatic carbocycles. The Morgan fingerprint density at radius 3 is 2.68 bits per heavy atom. The van der Waals surface area contributed by atoms with E-state index >= 15 is 0 Å². The summed E-state index contributed by atoms with van der Waals surface area (Å²) in [6.45, 7) is 13.4. The van der Waals surface area contributed by atoms with E-state index in [1.54, 1.807) is 5.57 Å². The summed E-state index contributed by atoms with van der Waals surface area (Å²) in [5.74, 6) is 1.08. The molecule has 5 atom stereocenters. The highest BCUT2D eigenvalue weighted by molar-refractivity contribution is 5.76. The van der Waals surface area contributed by atoms with Crippen molar-refractivity contribution >= 4 is 5.97 Å². The number of esters is 1. The predicted octanol–water partition coefficient (Wildman–Crippen LogP) is 2.94. The summed E-state index contributed by atoms with van der Waals surface area (Å²) in [5.41, 5.74) is 1.89. The molecule has 0 spiro atoms. The van der Waals surface area contributed by atoms with Gasteiger partial charge < -0.3 is 9.64 Å². The van der Waals surface area contributed by atoms with Crippen molar-refractivity contribution in [2.24, 2.45) is 23.2 Å². The van der Waals surface area contributed by atoms with Crippen molar-refractivity contribution < 1.29 is 9.53 Å². The Bertz CT molecular complexity index is 552. The zero-order chi connectivity index (χ0) is 17.6. The molecule has 25 heavy (non-hydrogen) atoms. The Morgan fingerprint density at radius 2 is 1.96 bits per heavy atom. The molecule has 3 fully saturated rings. The van der Waals surface area contributed by atoms with E-state index in [4.69, 9.17) is 4.74 Å². The summed E-state index contributed by atoms with van der Waals surface area (Å²) in [4.78, 5) is 17.6. The molecular weight excluding hydrogens is 312 g/mol. The van der Waals surface area contributed by atoms with Crippen LogP contribution in [0.3, 0.4) is 0 Å². The van der Waals surface area contributed by atoms with Crippen molar-refractivity contribution in [1.82, 2.24) is 9.80 Å². The summed E-state index contributed by atoms with van der Waals surface area (Å²) in [6.07, 6.45) is 7.51. The number of ether oxygens (including phenoxy) is 1. The van der Waals surface area contributed by atoms with Gasteiger partial charge in [0.1, 0.15) is 6.10 Å². The molecule has 4 rings (SSSR count). The summed E-state index contributed by atoms with van der Waals surface area (Å²) in [7, 11) is 0. The van der Waals surface area contributed by atoms with Crippen molar-refractivity contribution in [1.29, 1.82) is 0 Å². The van der Waals surface area contributed by atoms with Gasteiger partial charge in [-0.25, -0.2) is 0 Å². The number of carbonyl (C=O) groups is 1. The number of likely N-dealkylation sites (N-methyl/N-ethyl adjacent to an activating group) is 1. The molecule has 0 aromatic heterocycles. The summed E-state index contributed by atoms with van der Waals surface area (Å²) >= 11 is 0. The highest BCUT2D eigenvalue weighted by atomic mass is 16.6. The Balaban J connectivity index is 1.49. The normalized spacial score (nSPS) is 42.5. The van der Waals surface area contributed by atoms with Crippen molar-refractivity contribution in [3.63, 3.8) is 0 Å². The van der Waals surface area contributed by atoms with Crippen LogP contribution < -0.4 is 0 Å². The van der Waals surface area contributed by atoms with E-state index in [0.29, 0.717) is 11.8 Å². The van der Waals surface area contributed by atoms with Gasteiger partial charge in [-0.15, -0.1) is 0 Å². The van der Waals surface area contributed by atoms with E-state index < -0.39 is 0 Å². The number of piperazine rings is 1. The van der Waals surface area contributed by atoms with Crippen molar-refractivity contribution in [2.75, 3.05) is 39.3 Å². The Kier molecular flexibility index (Phi) is 4.70. The molecule has 4 aliphatic rings. The van der Waals surface area contributed by atoms with Gasteiger partial charge in [-0.1, -0.05) is 38.8 Å². The van der Waals surface area contributed by atoms with Crippen LogP contribution in [0.2, 0.25) is 0 Å². The lowest BCUT2D eigenvalue weighted by atomic mass is 9.59. The number of allylic oxidation sites excluding steroid dienone is 1. The van der Waals surface area contributed by atoms with Crippen molar-refractivity contribution in [2.45, 2.75) is 52.6 Å². The molecule has 2 saturated heterocycles. The number of hydrogen-bond acceptors (Lipinski definition) is 4. The Morgan fingerprint density at radius 1 is 1.24 bits per heavy atom. The first-order valence-electron chi connectivity index (χ1n) is 10.4. The molecule has 2 heterocycles. The van der Waals surface area contributed by atoms with Crippen LogP contribution >= 0.6 is 0 Å². The summed E-state index contributed by atoms with van der Waals surface area (Å²) < 4.78 is 5.89. The molecular formula is C21H34N2O2. The Labute approximate surface area is 152 Å². The monoisotopic (exact) mass is 346 g/mol. The first-order valence-corrected chi connectivity index (χ1v) is 10.4. The van der Waals surface area contributed by atoms with Gasteiger partial charge in [-0.05, 0) is 37.1 Å². The molecule has 0 bridgehead atoms. The van der Waals surface area contributed by atoms with E-state index in [9.17, 15) is 4.79 Å². The van der Waals surface area contributed by atoms with Crippen LogP contribution in [0.15, 0.2) is 11.6 Å². The van der Waals surface area contributed by atoms with Gasteiger partial charge in [0.15, 0.2) is 0 Å². The largest absolute Gasteiger partial charge is 0.461 e. The van der Waals surface area contributed by atoms with Crippen LogP contribution in [0.25, 0.3) is 0 Å². The van der Waals surface area contributed by atoms with Crippen LogP contribution in [0, 0.1) is 23.2 Å². The molecule has 0 aromatic rings. The third-order valence-electron chi connectivity index (χ3n) is 7.45. The Hall–Kier alpha value is -0.870. The van der Waals surface area contributed by atoms with Gasteiger partial charge in [-0.2, -0.15) is 0 Å². The van der Waals surface area contributed by atoms with E-state index in [-0.39, 0.29) is 23.4 Å². The zero-order valence-corrected chi connectivity index (χ0v) is 16.2. The zero-order valence-electron chi connectivity index (χ0n) is 16.2. The minimum atomic E-state index is 0.0457. The maximum atomic E-state index is 12.6. The molecule has 1 saturated carbocycles. The number of fused-ring (bicyclic) bond motifs is 2. The van der Waals surface area contributed by atoms with Crippen molar-refractivity contribution in [3.8, 4) is 0 Å². The van der Waals surface area contributed by atoms with E-state index in [2.05, 4.69) is 36.6 Å². The molecule has 2 aliphatic carbocycles. The fraction of sp³-hybridized carbons (Fsp3) is 0.857. The molecule has 0 amide bonds. The van der Waals surface area contributed by atoms with Gasteiger partial charge in [0, 0.05) is 38.6 Å². The SMILES string of the molecule is CCN1CCN(C[C@@H]2C(=O)O[C@@H]3C[C@@]4(C)CCC[C@H](C)C4=C[C@H]23)CC1. The van der Waals surface area contributed by atoms with E-state index in [1.165, 1.54) is 19.3 Å². The summed E-state index contributed by atoms with van der Waals surface area (Å²) in [5, 5.41) is 0. The fourth-order valence-corrected chi connectivity index (χ4v) is 5.82. The molecule has 0 unspecified atom stereocenters. The average molecular weight is 347 g/mol. The molecule has 0 radical (unpaired) electrons. The van der Waals surface area contributed by atoms with Gasteiger partial charge in [-0.3, -0.25) is 9.69 Å². The minimum Gasteiger partial charge on any atom is -0.461 e. The minimum absolute atomic E-state index is 0.0457. The van der Waals surface area contributed by atoms with E-state index in [1.807, 2.05) is 0 Å². The lowest BCUT2D eigenvalue weighted by molar-refractivity contribution is -0.145. The molecule has 4 nitrogen and oxygen atoms in total. The van der Waals surface area contributed by atoms with Crippen LogP contribution in [0.4, 0.5) is 0 Å². The highest BCUT2D eigenvalue weighted by Crippen LogP contribution is 2.53. The van der Waals surface area contributed by atoms with Crippen LogP contribution in [-0.4, -0.2) is 61.1 Å². The first-order chi connectivity index (χ1) is 12.0. The second-order valence-electron chi connectivity index (χ2n) is 9.07. The molecule has 0 N–H and O–H groups in total. The second-order valence-corrected chi connectivity index (χ2v) is 9.07. The van der Waals surface area contributed by atoms with Gasteiger partial charge in [0.25, 0.3) is 0 Å². The quantitative estimate of drug-likeness (QED) is 0.581. The maximum Gasteiger partial charge on any atom is 0.311 e. The summed E-state index contributed by atoms with van der Waals surface area (Å²) in [6, 6.07) is 0. The lowest BCUT2D eigenvalue weighted by Crippen LogP contribution is -2.48. The van der Waals surface area contributed by atoms with Crippen LogP contribution in [0.1, 0.15) is 46.5 Å². The van der Waals surface area contributed by atoms with Gasteiger partial charge in [0.2, 0.25) is 0 Å². The highest BCUT2D eigenvalue weighted by Gasteiger charge is 2.51. The average Bonchev–Trinajstić information content (AvgIpc) is 2.88. The molecule has 4 heteroatoms.